The van der Waals surface area contributed by atoms with Gasteiger partial charge in [0, 0.05) is 12.8 Å². The van der Waals surface area contributed by atoms with Crippen molar-refractivity contribution < 1.29 is 37.6 Å². The summed E-state index contributed by atoms with van der Waals surface area (Å²) in [5, 5.41) is 0. The minimum absolute atomic E-state index is 0.00516. The molecule has 0 aliphatic carbocycles. The van der Waals surface area contributed by atoms with Crippen molar-refractivity contribution in [3.05, 3.63) is 0 Å². The van der Waals surface area contributed by atoms with Crippen LogP contribution in [-0.2, 0) is 32.7 Å². The third-order valence-corrected chi connectivity index (χ3v) is 8.97. The highest BCUT2D eigenvalue weighted by molar-refractivity contribution is 7.47. The van der Waals surface area contributed by atoms with Gasteiger partial charge in [0.15, 0.2) is 6.10 Å². The predicted molar refractivity (Wildman–Crippen MR) is 180 cm³/mol. The van der Waals surface area contributed by atoms with Crippen molar-refractivity contribution in [2.24, 2.45) is 0 Å². The van der Waals surface area contributed by atoms with Gasteiger partial charge in [0.1, 0.15) is 6.61 Å². The zero-order valence-electron chi connectivity index (χ0n) is 28.8. The van der Waals surface area contributed by atoms with E-state index in [0.717, 1.165) is 38.5 Å². The van der Waals surface area contributed by atoms with Crippen LogP contribution < -0.4 is 0 Å². The summed E-state index contributed by atoms with van der Waals surface area (Å²) in [7, 11) is -4.26. The highest BCUT2D eigenvalue weighted by Gasteiger charge is 2.25. The van der Waals surface area contributed by atoms with Crippen molar-refractivity contribution in [3.63, 3.8) is 0 Å². The van der Waals surface area contributed by atoms with Crippen molar-refractivity contribution >= 4 is 19.8 Å². The van der Waals surface area contributed by atoms with Crippen molar-refractivity contribution in [2.45, 2.75) is 194 Å². The fourth-order valence-corrected chi connectivity index (χ4v) is 5.97. The Labute approximate surface area is 270 Å². The van der Waals surface area contributed by atoms with Crippen LogP contribution in [0.25, 0.3) is 0 Å². The van der Waals surface area contributed by atoms with Crippen molar-refractivity contribution in [2.75, 3.05) is 19.8 Å². The minimum atomic E-state index is -4.26. The number of rotatable bonds is 34. The Kier molecular flexibility index (Phi) is 31.3. The number of hydrogen-bond acceptors (Lipinski definition) is 7. The van der Waals surface area contributed by atoms with E-state index in [-0.39, 0.29) is 32.2 Å². The number of phosphoric acid groups is 1. The molecule has 0 saturated carbocycles. The summed E-state index contributed by atoms with van der Waals surface area (Å²) in [5.41, 5.74) is 0. The number of esters is 2. The molecule has 0 aromatic heterocycles. The summed E-state index contributed by atoms with van der Waals surface area (Å²) in [6.45, 7) is 5.46. The highest BCUT2D eigenvalue weighted by atomic mass is 31.2. The number of carbonyl (C=O) groups excluding carboxylic acids is 2. The van der Waals surface area contributed by atoms with E-state index in [1.54, 1.807) is 6.92 Å². The molecule has 8 nitrogen and oxygen atoms in total. The van der Waals surface area contributed by atoms with Gasteiger partial charge in [0.25, 0.3) is 0 Å². The number of phosphoric ester groups is 1. The summed E-state index contributed by atoms with van der Waals surface area (Å²) < 4.78 is 32.4. The molecule has 0 radical (unpaired) electrons. The normalized spacial score (nSPS) is 13.5. The van der Waals surface area contributed by atoms with E-state index >= 15 is 0 Å². The van der Waals surface area contributed by atoms with Crippen LogP contribution in [0.2, 0.25) is 0 Å². The maximum atomic E-state index is 12.5. The molecule has 0 amide bonds. The lowest BCUT2D eigenvalue weighted by Gasteiger charge is -2.19. The quantitative estimate of drug-likeness (QED) is 0.0417. The molecule has 0 rings (SSSR count). The Morgan fingerprint density at radius 3 is 1.27 bits per heavy atom. The monoisotopic (exact) mass is 648 g/mol. The Morgan fingerprint density at radius 1 is 0.523 bits per heavy atom. The zero-order chi connectivity index (χ0) is 32.6. The molecule has 0 aliphatic heterocycles. The fraction of sp³-hybridized carbons (Fsp3) is 0.943. The fourth-order valence-electron chi connectivity index (χ4n) is 5.22. The molecule has 0 heterocycles. The Bertz CT molecular complexity index is 702. The number of unbranched alkanes of at least 4 members (excludes halogenated alkanes) is 22. The molecular formula is C35H69O8P. The average Bonchev–Trinajstić information content (AvgIpc) is 2.99. The van der Waals surface area contributed by atoms with Gasteiger partial charge in [-0.05, 0) is 19.8 Å². The van der Waals surface area contributed by atoms with Gasteiger partial charge in [-0.15, -0.1) is 0 Å². The molecule has 0 saturated heterocycles. The highest BCUT2D eigenvalue weighted by Crippen LogP contribution is 2.43. The molecule has 0 aliphatic rings. The van der Waals surface area contributed by atoms with E-state index < -0.39 is 19.9 Å². The molecule has 0 aromatic rings. The van der Waals surface area contributed by atoms with E-state index in [4.69, 9.17) is 18.5 Å². The molecule has 9 heteroatoms. The smallest absolute Gasteiger partial charge is 0.462 e. The number of ether oxygens (including phenoxy) is 2. The third kappa shape index (κ3) is 31.0. The van der Waals surface area contributed by atoms with Crippen LogP contribution in [0.15, 0.2) is 0 Å². The lowest BCUT2D eigenvalue weighted by molar-refractivity contribution is -0.161. The van der Waals surface area contributed by atoms with Crippen LogP contribution in [0.4, 0.5) is 0 Å². The maximum Gasteiger partial charge on any atom is 0.472 e. The van der Waals surface area contributed by atoms with Gasteiger partial charge < -0.3 is 14.4 Å². The van der Waals surface area contributed by atoms with E-state index in [9.17, 15) is 19.0 Å². The molecule has 2 unspecified atom stereocenters. The standard InChI is InChI=1S/C35H69O8P/c1-4-7-9-11-13-15-17-18-19-20-22-24-26-28-30-35(37)43-33(32-42-44(38,39)41-6-3)31-40-34(36)29-27-25-23-21-16-14-12-10-8-5-2/h33H,4-32H2,1-3H3,(H,38,39). The van der Waals surface area contributed by atoms with Gasteiger partial charge in [-0.1, -0.05) is 155 Å². The summed E-state index contributed by atoms with van der Waals surface area (Å²) in [4.78, 5) is 34.5. The topological polar surface area (TPSA) is 108 Å². The molecule has 2 atom stereocenters. The van der Waals surface area contributed by atoms with Gasteiger partial charge in [0.05, 0.1) is 13.2 Å². The summed E-state index contributed by atoms with van der Waals surface area (Å²) in [5.74, 6) is -0.790. The first-order valence-electron chi connectivity index (χ1n) is 18.3. The van der Waals surface area contributed by atoms with Crippen LogP contribution in [0.5, 0.6) is 0 Å². The largest absolute Gasteiger partial charge is 0.472 e. The molecular weight excluding hydrogens is 579 g/mol. The molecule has 0 aromatic carbocycles. The van der Waals surface area contributed by atoms with Crippen molar-refractivity contribution in [1.82, 2.24) is 0 Å². The SMILES string of the molecule is CCCCCCCCCCCCCCCCC(=O)OC(COC(=O)CCCCCCCCCCCC)COP(=O)(O)OCC. The molecule has 1 N–H and O–H groups in total. The van der Waals surface area contributed by atoms with Crippen LogP contribution in [0, 0.1) is 0 Å². The Morgan fingerprint density at radius 2 is 0.886 bits per heavy atom. The summed E-state index contributed by atoms with van der Waals surface area (Å²) in [6.07, 6.45) is 28.7. The maximum absolute atomic E-state index is 12.5. The van der Waals surface area contributed by atoms with Crippen LogP contribution in [0.3, 0.4) is 0 Å². The van der Waals surface area contributed by atoms with Crippen LogP contribution in [0.1, 0.15) is 188 Å². The number of hydrogen-bond donors (Lipinski definition) is 1. The van der Waals surface area contributed by atoms with Crippen molar-refractivity contribution in [3.8, 4) is 0 Å². The Balaban J connectivity index is 4.13. The average molecular weight is 649 g/mol. The van der Waals surface area contributed by atoms with Crippen LogP contribution in [-0.4, -0.2) is 42.8 Å². The van der Waals surface area contributed by atoms with Crippen molar-refractivity contribution in [1.29, 1.82) is 0 Å². The first kappa shape index (κ1) is 43.0. The summed E-state index contributed by atoms with van der Waals surface area (Å²) >= 11 is 0. The Hall–Kier alpha value is -0.950. The van der Waals surface area contributed by atoms with Gasteiger partial charge in [0.2, 0.25) is 0 Å². The van der Waals surface area contributed by atoms with E-state index in [2.05, 4.69) is 13.8 Å². The second-order valence-electron chi connectivity index (χ2n) is 12.3. The third-order valence-electron chi connectivity index (χ3n) is 7.91. The van der Waals surface area contributed by atoms with Gasteiger partial charge >= 0.3 is 19.8 Å². The van der Waals surface area contributed by atoms with E-state index in [1.807, 2.05) is 0 Å². The second-order valence-corrected chi connectivity index (χ2v) is 13.7. The van der Waals surface area contributed by atoms with Crippen LogP contribution >= 0.6 is 7.82 Å². The molecule has 0 fully saturated rings. The lowest BCUT2D eigenvalue weighted by atomic mass is 10.0. The van der Waals surface area contributed by atoms with E-state index in [1.165, 1.54) is 116 Å². The lowest BCUT2D eigenvalue weighted by Crippen LogP contribution is -2.29. The first-order chi connectivity index (χ1) is 21.3. The minimum Gasteiger partial charge on any atom is -0.462 e. The molecule has 0 spiro atoms. The van der Waals surface area contributed by atoms with E-state index in [0.29, 0.717) is 6.42 Å². The first-order valence-corrected chi connectivity index (χ1v) is 19.8. The van der Waals surface area contributed by atoms with Gasteiger partial charge in [-0.3, -0.25) is 18.6 Å². The zero-order valence-corrected chi connectivity index (χ0v) is 29.7. The van der Waals surface area contributed by atoms with Gasteiger partial charge in [-0.2, -0.15) is 0 Å². The summed E-state index contributed by atoms with van der Waals surface area (Å²) in [6, 6.07) is 0. The number of carbonyl (C=O) groups is 2. The predicted octanol–water partition coefficient (Wildman–Crippen LogP) is 10.8. The molecule has 44 heavy (non-hydrogen) atoms. The molecule has 0 bridgehead atoms. The molecule has 262 valence electrons. The van der Waals surface area contributed by atoms with Gasteiger partial charge in [-0.25, -0.2) is 4.57 Å². The second kappa shape index (κ2) is 32.0.